The molecule has 0 unspecified atom stereocenters. The summed E-state index contributed by atoms with van der Waals surface area (Å²) in [6, 6.07) is 0. The van der Waals surface area contributed by atoms with Crippen LogP contribution in [0.2, 0.25) is 0 Å². The first-order valence-corrected chi connectivity index (χ1v) is 3.97. The quantitative estimate of drug-likeness (QED) is 0.555. The second-order valence-electron chi connectivity index (χ2n) is 2.79. The maximum Gasteiger partial charge on any atom is 0.253 e. The molecule has 4 heteroatoms. The zero-order chi connectivity index (χ0) is 8.27. The summed E-state index contributed by atoms with van der Waals surface area (Å²) in [7, 11) is 2.05. The van der Waals surface area contributed by atoms with Crippen molar-refractivity contribution >= 4 is 0 Å². The number of hydrogen-bond acceptors (Lipinski definition) is 1. The predicted molar refractivity (Wildman–Crippen MR) is 44.0 cm³/mol. The Morgan fingerprint density at radius 1 is 1.58 bits per heavy atom. The fraction of sp³-hybridized carbons (Fsp3) is 0.625. The molecule has 2 N–H and O–H groups in total. The number of halogens is 1. The van der Waals surface area contributed by atoms with Gasteiger partial charge in [0.1, 0.15) is 12.4 Å². The third-order valence-electron chi connectivity index (χ3n) is 2.00. The molecular formula is C8H16BrN3. The minimum atomic E-state index is 0. The van der Waals surface area contributed by atoms with Crippen molar-refractivity contribution in [3.8, 4) is 0 Å². The fourth-order valence-electron chi connectivity index (χ4n) is 1.10. The molecule has 0 bridgehead atoms. The molecule has 3 nitrogen and oxygen atoms in total. The van der Waals surface area contributed by atoms with Gasteiger partial charge in [0, 0.05) is 6.92 Å². The fourth-order valence-corrected chi connectivity index (χ4v) is 1.10. The van der Waals surface area contributed by atoms with E-state index in [0.29, 0.717) is 0 Å². The average Bonchev–Trinajstić information content (AvgIpc) is 2.31. The van der Waals surface area contributed by atoms with E-state index in [1.807, 2.05) is 7.05 Å². The molecule has 0 amide bonds. The van der Waals surface area contributed by atoms with Crippen molar-refractivity contribution in [2.24, 2.45) is 12.8 Å². The van der Waals surface area contributed by atoms with Gasteiger partial charge in [-0.05, 0) is 13.0 Å². The third-order valence-corrected chi connectivity index (χ3v) is 2.00. The number of nitrogens with two attached hydrogens (primary N) is 1. The van der Waals surface area contributed by atoms with E-state index in [9.17, 15) is 0 Å². The Morgan fingerprint density at radius 3 is 2.67 bits per heavy atom. The van der Waals surface area contributed by atoms with E-state index in [-0.39, 0.29) is 17.0 Å². The van der Waals surface area contributed by atoms with Crippen LogP contribution in [0.25, 0.3) is 0 Å². The molecule has 0 aromatic carbocycles. The highest BCUT2D eigenvalue weighted by molar-refractivity contribution is 4.78. The summed E-state index contributed by atoms with van der Waals surface area (Å²) < 4.78 is 4.32. The van der Waals surface area contributed by atoms with Crippen molar-refractivity contribution in [2.75, 3.05) is 6.54 Å². The van der Waals surface area contributed by atoms with Crippen molar-refractivity contribution in [3.05, 3.63) is 18.2 Å². The molecule has 0 aliphatic rings. The number of nitrogens with zero attached hydrogens (tertiary/aromatic N) is 2. The van der Waals surface area contributed by atoms with Crippen LogP contribution in [0.1, 0.15) is 12.2 Å². The summed E-state index contributed by atoms with van der Waals surface area (Å²) in [5.74, 6) is 1.28. The van der Waals surface area contributed by atoms with Crippen LogP contribution in [0.4, 0.5) is 0 Å². The van der Waals surface area contributed by atoms with Crippen LogP contribution in [-0.4, -0.2) is 11.1 Å². The van der Waals surface area contributed by atoms with Gasteiger partial charge in [-0.2, -0.15) is 0 Å². The molecule has 0 spiro atoms. The van der Waals surface area contributed by atoms with Gasteiger partial charge in [0.15, 0.2) is 0 Å². The SMILES string of the molecule is Cc1n(CCCN)cc[n+]1C.[Br-]. The van der Waals surface area contributed by atoms with Crippen LogP contribution < -0.4 is 27.3 Å². The number of rotatable bonds is 3. The van der Waals surface area contributed by atoms with Crippen molar-refractivity contribution in [2.45, 2.75) is 19.9 Å². The molecular weight excluding hydrogens is 218 g/mol. The van der Waals surface area contributed by atoms with E-state index < -0.39 is 0 Å². The maximum absolute atomic E-state index is 5.41. The van der Waals surface area contributed by atoms with Gasteiger partial charge in [-0.3, -0.25) is 0 Å². The Balaban J connectivity index is 0.00000121. The summed E-state index contributed by atoms with van der Waals surface area (Å²) >= 11 is 0. The number of aryl methyl sites for hydroxylation is 2. The monoisotopic (exact) mass is 233 g/mol. The first-order chi connectivity index (χ1) is 5.25. The van der Waals surface area contributed by atoms with Gasteiger partial charge in [0.25, 0.3) is 5.82 Å². The molecule has 0 saturated heterocycles. The van der Waals surface area contributed by atoms with Crippen molar-refractivity contribution in [1.29, 1.82) is 0 Å². The Morgan fingerprint density at radius 2 is 2.25 bits per heavy atom. The van der Waals surface area contributed by atoms with E-state index in [2.05, 4.69) is 28.5 Å². The minimum Gasteiger partial charge on any atom is -1.00 e. The lowest BCUT2D eigenvalue weighted by atomic mass is 10.4. The Labute approximate surface area is 84.0 Å². The summed E-state index contributed by atoms with van der Waals surface area (Å²) in [4.78, 5) is 0. The second kappa shape index (κ2) is 5.32. The van der Waals surface area contributed by atoms with Crippen LogP contribution >= 0.6 is 0 Å². The van der Waals surface area contributed by atoms with E-state index in [1.165, 1.54) is 5.82 Å². The summed E-state index contributed by atoms with van der Waals surface area (Å²) in [6.45, 7) is 3.90. The Kier molecular flexibility index (Phi) is 5.17. The lowest BCUT2D eigenvalue weighted by Gasteiger charge is -1.95. The molecule has 1 rings (SSSR count). The lowest BCUT2D eigenvalue weighted by molar-refractivity contribution is -0.677. The van der Waals surface area contributed by atoms with Gasteiger partial charge < -0.3 is 22.7 Å². The molecule has 1 aromatic heterocycles. The van der Waals surface area contributed by atoms with E-state index in [4.69, 9.17) is 5.73 Å². The summed E-state index contributed by atoms with van der Waals surface area (Å²) in [5, 5.41) is 0. The molecule has 12 heavy (non-hydrogen) atoms. The van der Waals surface area contributed by atoms with E-state index >= 15 is 0 Å². The van der Waals surface area contributed by atoms with Crippen LogP contribution in [0.15, 0.2) is 12.4 Å². The van der Waals surface area contributed by atoms with Crippen molar-refractivity contribution in [1.82, 2.24) is 4.57 Å². The van der Waals surface area contributed by atoms with Gasteiger partial charge >= 0.3 is 0 Å². The largest absolute Gasteiger partial charge is 1.00 e. The van der Waals surface area contributed by atoms with E-state index in [1.54, 1.807) is 0 Å². The molecule has 0 aliphatic heterocycles. The highest BCUT2D eigenvalue weighted by Gasteiger charge is 2.06. The predicted octanol–water partition coefficient (Wildman–Crippen LogP) is -3.03. The first-order valence-electron chi connectivity index (χ1n) is 3.97. The normalized spacial score (nSPS) is 9.58. The molecule has 1 aromatic rings. The van der Waals surface area contributed by atoms with E-state index in [0.717, 1.165) is 19.5 Å². The molecule has 0 fully saturated rings. The second-order valence-corrected chi connectivity index (χ2v) is 2.79. The van der Waals surface area contributed by atoms with Gasteiger partial charge in [0.2, 0.25) is 0 Å². The summed E-state index contributed by atoms with van der Waals surface area (Å²) in [5.41, 5.74) is 5.41. The highest BCUT2D eigenvalue weighted by atomic mass is 79.9. The standard InChI is InChI=1S/C8H16N3.BrH/c1-8-10(2)6-7-11(8)5-3-4-9;/h6-7H,3-5,9H2,1-2H3;1H/q+1;/p-1. The summed E-state index contributed by atoms with van der Waals surface area (Å²) in [6.07, 6.45) is 5.20. The zero-order valence-corrected chi connectivity index (χ0v) is 9.21. The van der Waals surface area contributed by atoms with Gasteiger partial charge in [-0.25, -0.2) is 9.13 Å². The number of hydrogen-bond donors (Lipinski definition) is 1. The number of imidazole rings is 1. The highest BCUT2D eigenvalue weighted by Crippen LogP contribution is 1.93. The maximum atomic E-state index is 5.41. The van der Waals surface area contributed by atoms with Gasteiger partial charge in [0.05, 0.1) is 13.6 Å². The minimum absolute atomic E-state index is 0. The van der Waals surface area contributed by atoms with Crippen molar-refractivity contribution in [3.63, 3.8) is 0 Å². The molecule has 0 atom stereocenters. The Bertz CT molecular complexity index is 232. The smallest absolute Gasteiger partial charge is 0.253 e. The number of aromatic nitrogens is 2. The molecule has 70 valence electrons. The molecule has 0 aliphatic carbocycles. The Hall–Kier alpha value is -0.350. The van der Waals surface area contributed by atoms with Crippen LogP contribution in [0.5, 0.6) is 0 Å². The molecule has 1 heterocycles. The third kappa shape index (κ3) is 2.60. The molecule has 0 saturated carbocycles. The van der Waals surface area contributed by atoms with Crippen LogP contribution in [0.3, 0.4) is 0 Å². The van der Waals surface area contributed by atoms with Gasteiger partial charge in [-0.15, -0.1) is 0 Å². The van der Waals surface area contributed by atoms with Crippen LogP contribution in [-0.2, 0) is 13.6 Å². The van der Waals surface area contributed by atoms with Gasteiger partial charge in [-0.1, -0.05) is 0 Å². The average molecular weight is 234 g/mol. The topological polar surface area (TPSA) is 34.8 Å². The van der Waals surface area contributed by atoms with Crippen molar-refractivity contribution < 1.29 is 21.5 Å². The van der Waals surface area contributed by atoms with Crippen LogP contribution in [0, 0.1) is 6.92 Å². The molecule has 0 radical (unpaired) electrons. The zero-order valence-electron chi connectivity index (χ0n) is 7.63. The first kappa shape index (κ1) is 11.6. The lowest BCUT2D eigenvalue weighted by Crippen LogP contribution is -3.00.